The SMILES string of the molecule is CC(C)OC(=O)Cc1nn([C@@H]2C[C@@H](CO)N(S(=O)(=O)c3ccc(OC(C)C)cc3)C2)c2cc(F)ccc12. The number of nitrogens with zero attached hydrogens (tertiary/aromatic N) is 3. The van der Waals surface area contributed by atoms with Crippen LogP contribution in [-0.4, -0.2) is 65.0 Å². The second-order valence-corrected chi connectivity index (χ2v) is 11.6. The first-order valence-electron chi connectivity index (χ1n) is 12.2. The average Bonchev–Trinajstić information content (AvgIpc) is 3.40. The van der Waals surface area contributed by atoms with Gasteiger partial charge < -0.3 is 14.6 Å². The molecule has 1 aliphatic rings. The van der Waals surface area contributed by atoms with Gasteiger partial charge in [0.2, 0.25) is 10.0 Å². The Morgan fingerprint density at radius 3 is 2.46 bits per heavy atom. The molecule has 1 N–H and O–H groups in total. The summed E-state index contributed by atoms with van der Waals surface area (Å²) >= 11 is 0. The predicted octanol–water partition coefficient (Wildman–Crippen LogP) is 3.45. The van der Waals surface area contributed by atoms with Gasteiger partial charge in [-0.1, -0.05) is 0 Å². The summed E-state index contributed by atoms with van der Waals surface area (Å²) in [5, 5.41) is 15.2. The van der Waals surface area contributed by atoms with Crippen molar-refractivity contribution in [3.8, 4) is 5.75 Å². The van der Waals surface area contributed by atoms with Crippen LogP contribution in [-0.2, 0) is 26.0 Å². The number of halogens is 1. The number of carbonyl (C=O) groups excluding carboxylic acids is 1. The van der Waals surface area contributed by atoms with E-state index in [9.17, 15) is 22.7 Å². The summed E-state index contributed by atoms with van der Waals surface area (Å²) in [7, 11) is -3.94. The summed E-state index contributed by atoms with van der Waals surface area (Å²) in [6.45, 7) is 6.90. The molecule has 1 aromatic heterocycles. The van der Waals surface area contributed by atoms with Gasteiger partial charge in [-0.2, -0.15) is 9.40 Å². The van der Waals surface area contributed by atoms with Crippen molar-refractivity contribution in [3.63, 3.8) is 0 Å². The van der Waals surface area contributed by atoms with Gasteiger partial charge in [0.05, 0.1) is 53.4 Å². The molecule has 4 rings (SSSR count). The second kappa shape index (κ2) is 10.8. The lowest BCUT2D eigenvalue weighted by Gasteiger charge is -2.22. The minimum absolute atomic E-state index is 0.0287. The lowest BCUT2D eigenvalue weighted by Crippen LogP contribution is -2.37. The second-order valence-electron chi connectivity index (χ2n) is 9.71. The summed E-state index contributed by atoms with van der Waals surface area (Å²) in [5.74, 6) is -0.380. The third-order valence-electron chi connectivity index (χ3n) is 6.13. The molecule has 1 saturated heterocycles. The smallest absolute Gasteiger partial charge is 0.312 e. The van der Waals surface area contributed by atoms with Crippen LogP contribution >= 0.6 is 0 Å². The summed E-state index contributed by atoms with van der Waals surface area (Å²) in [5.41, 5.74) is 0.867. The molecule has 0 amide bonds. The van der Waals surface area contributed by atoms with Gasteiger partial charge in [0.25, 0.3) is 0 Å². The number of hydrogen-bond donors (Lipinski definition) is 1. The number of esters is 1. The Bertz CT molecular complexity index is 1370. The van der Waals surface area contributed by atoms with Gasteiger partial charge in [-0.05, 0) is 76.6 Å². The molecule has 0 aliphatic carbocycles. The predicted molar refractivity (Wildman–Crippen MR) is 135 cm³/mol. The van der Waals surface area contributed by atoms with Crippen molar-refractivity contribution in [1.29, 1.82) is 0 Å². The molecule has 0 unspecified atom stereocenters. The van der Waals surface area contributed by atoms with E-state index in [-0.39, 0.29) is 43.1 Å². The zero-order chi connectivity index (χ0) is 26.9. The highest BCUT2D eigenvalue weighted by Gasteiger charge is 2.41. The molecular weight excluding hydrogens is 501 g/mol. The van der Waals surface area contributed by atoms with Crippen LogP contribution in [0.2, 0.25) is 0 Å². The van der Waals surface area contributed by atoms with E-state index in [0.717, 1.165) is 0 Å². The van der Waals surface area contributed by atoms with E-state index in [1.165, 1.54) is 28.6 Å². The van der Waals surface area contributed by atoms with Crippen molar-refractivity contribution in [3.05, 3.63) is 54.0 Å². The largest absolute Gasteiger partial charge is 0.491 e. The third-order valence-corrected chi connectivity index (χ3v) is 8.06. The zero-order valence-electron chi connectivity index (χ0n) is 21.3. The Morgan fingerprint density at radius 2 is 1.84 bits per heavy atom. The van der Waals surface area contributed by atoms with E-state index < -0.39 is 33.9 Å². The monoisotopic (exact) mass is 533 g/mol. The lowest BCUT2D eigenvalue weighted by atomic mass is 10.1. The maximum atomic E-state index is 14.2. The fraction of sp³-hybridized carbons (Fsp3) is 0.462. The molecule has 2 atom stereocenters. The van der Waals surface area contributed by atoms with Crippen molar-refractivity contribution in [1.82, 2.24) is 14.1 Å². The van der Waals surface area contributed by atoms with Crippen molar-refractivity contribution in [2.45, 2.75) is 69.7 Å². The Morgan fingerprint density at radius 1 is 1.14 bits per heavy atom. The topological polar surface area (TPSA) is 111 Å². The fourth-order valence-corrected chi connectivity index (χ4v) is 6.29. The minimum Gasteiger partial charge on any atom is -0.491 e. The van der Waals surface area contributed by atoms with Gasteiger partial charge in [-0.15, -0.1) is 0 Å². The van der Waals surface area contributed by atoms with Crippen molar-refractivity contribution in [2.24, 2.45) is 0 Å². The molecule has 1 fully saturated rings. The summed E-state index contributed by atoms with van der Waals surface area (Å²) in [6.07, 6.45) is -0.168. The molecule has 9 nitrogen and oxygen atoms in total. The first-order valence-corrected chi connectivity index (χ1v) is 13.7. The minimum atomic E-state index is -3.94. The van der Waals surface area contributed by atoms with Gasteiger partial charge in [0.15, 0.2) is 0 Å². The Kier molecular flexibility index (Phi) is 7.86. The summed E-state index contributed by atoms with van der Waals surface area (Å²) in [4.78, 5) is 12.4. The molecule has 0 spiro atoms. The molecule has 37 heavy (non-hydrogen) atoms. The van der Waals surface area contributed by atoms with Gasteiger partial charge in [0, 0.05) is 11.9 Å². The van der Waals surface area contributed by atoms with Crippen LogP contribution in [0, 0.1) is 5.82 Å². The molecule has 2 aromatic carbocycles. The van der Waals surface area contributed by atoms with Gasteiger partial charge in [-0.25, -0.2) is 12.8 Å². The van der Waals surface area contributed by atoms with E-state index >= 15 is 0 Å². The van der Waals surface area contributed by atoms with E-state index in [1.807, 2.05) is 13.8 Å². The quantitative estimate of drug-likeness (QED) is 0.420. The number of fused-ring (bicyclic) bond motifs is 1. The van der Waals surface area contributed by atoms with Crippen molar-refractivity contribution < 1.29 is 32.2 Å². The fourth-order valence-electron chi connectivity index (χ4n) is 4.62. The van der Waals surface area contributed by atoms with Crippen LogP contribution in [0.1, 0.15) is 45.9 Å². The normalized spacial score (nSPS) is 18.7. The maximum absolute atomic E-state index is 14.2. The number of aliphatic hydroxyl groups is 1. The number of rotatable bonds is 9. The number of aromatic nitrogens is 2. The number of aliphatic hydroxyl groups excluding tert-OH is 1. The molecule has 1 aliphatic heterocycles. The van der Waals surface area contributed by atoms with E-state index in [0.29, 0.717) is 22.3 Å². The molecule has 0 radical (unpaired) electrons. The molecule has 3 aromatic rings. The van der Waals surface area contributed by atoms with Crippen LogP contribution in [0.25, 0.3) is 10.9 Å². The summed E-state index contributed by atoms with van der Waals surface area (Å²) < 4.78 is 54.9. The van der Waals surface area contributed by atoms with E-state index in [2.05, 4.69) is 5.10 Å². The summed E-state index contributed by atoms with van der Waals surface area (Å²) in [6, 6.07) is 9.15. The lowest BCUT2D eigenvalue weighted by molar-refractivity contribution is -0.146. The van der Waals surface area contributed by atoms with Gasteiger partial charge >= 0.3 is 5.97 Å². The van der Waals surface area contributed by atoms with Crippen LogP contribution in [0.15, 0.2) is 47.4 Å². The van der Waals surface area contributed by atoms with E-state index in [1.54, 1.807) is 36.7 Å². The third kappa shape index (κ3) is 5.78. The van der Waals surface area contributed by atoms with Crippen molar-refractivity contribution >= 4 is 26.9 Å². The first-order chi connectivity index (χ1) is 17.5. The van der Waals surface area contributed by atoms with Crippen LogP contribution < -0.4 is 4.74 Å². The molecule has 2 heterocycles. The molecule has 0 bridgehead atoms. The van der Waals surface area contributed by atoms with Crippen LogP contribution in [0.3, 0.4) is 0 Å². The van der Waals surface area contributed by atoms with Gasteiger partial charge in [-0.3, -0.25) is 9.48 Å². The average molecular weight is 534 g/mol. The zero-order valence-corrected chi connectivity index (χ0v) is 22.1. The Labute approximate surface area is 215 Å². The van der Waals surface area contributed by atoms with Gasteiger partial charge in [0.1, 0.15) is 11.6 Å². The number of benzene rings is 2. The maximum Gasteiger partial charge on any atom is 0.312 e. The molecular formula is C26H32FN3O6S. The van der Waals surface area contributed by atoms with Crippen molar-refractivity contribution in [2.75, 3.05) is 13.2 Å². The molecule has 11 heteroatoms. The van der Waals surface area contributed by atoms with Crippen LogP contribution in [0.5, 0.6) is 5.75 Å². The Balaban J connectivity index is 1.65. The molecule has 200 valence electrons. The Hall–Kier alpha value is -3.02. The highest BCUT2D eigenvalue weighted by molar-refractivity contribution is 7.89. The number of ether oxygens (including phenoxy) is 2. The number of hydrogen-bond acceptors (Lipinski definition) is 7. The van der Waals surface area contributed by atoms with E-state index in [4.69, 9.17) is 9.47 Å². The molecule has 0 saturated carbocycles. The number of sulfonamides is 1. The highest BCUT2D eigenvalue weighted by Crippen LogP contribution is 2.35. The standard InChI is InChI=1S/C26H32FN3O6S/c1-16(2)35-21-6-8-22(9-7-21)37(33,34)29-14-19(12-20(29)15-31)30-25-11-18(27)5-10-23(25)24(28-30)13-26(32)36-17(3)4/h5-11,16-17,19-20,31H,12-15H2,1-4H3/t19-,20+/m1/s1. The first kappa shape index (κ1) is 27.0. The number of carbonyl (C=O) groups is 1. The highest BCUT2D eigenvalue weighted by atomic mass is 32.2. The van der Waals surface area contributed by atoms with Crippen LogP contribution in [0.4, 0.5) is 4.39 Å².